The van der Waals surface area contributed by atoms with Crippen LogP contribution in [-0.4, -0.2) is 38.2 Å². The number of pyridine rings is 1. The number of benzene rings is 3. The molecule has 2 aromatic heterocycles. The van der Waals surface area contributed by atoms with Crippen LogP contribution < -0.4 is 10.0 Å². The number of H-pyrrole nitrogens is 1. The maximum atomic E-state index is 13.8. The Labute approximate surface area is 211 Å². The van der Waals surface area contributed by atoms with Crippen LogP contribution in [0.5, 0.6) is 11.6 Å². The quantitative estimate of drug-likeness (QED) is 0.266. The Balaban J connectivity index is 1.58. The molecule has 3 heterocycles. The summed E-state index contributed by atoms with van der Waals surface area (Å²) in [5.41, 5.74) is 3.40. The number of aromatic amines is 1. The van der Waals surface area contributed by atoms with Crippen LogP contribution in [0.1, 0.15) is 24.5 Å². The van der Waals surface area contributed by atoms with Gasteiger partial charge in [-0.25, -0.2) is 9.37 Å². The standard InChI is InChI=1S/C27H23FN3O5P/c28-19-3-1-16(2-4-19)25-22-13-18-15-29-31-24(18)14-23(22)27(30-26(25)17-9-11-35-12-10-17)36-20-5-7-21(8-6-20)37(32,33)34/h1-8,13-15,17H,9-12H2,(H,29,31)(H2,32,33,34). The first-order chi connectivity index (χ1) is 17.9. The molecule has 8 nitrogen and oxygen atoms in total. The molecule has 0 saturated carbocycles. The molecular weight excluding hydrogens is 496 g/mol. The maximum Gasteiger partial charge on any atom is 0.356 e. The maximum absolute atomic E-state index is 13.8. The number of halogens is 1. The molecular formula is C27H23FN3O5P. The van der Waals surface area contributed by atoms with Crippen molar-refractivity contribution in [3.63, 3.8) is 0 Å². The Morgan fingerprint density at radius 1 is 1.00 bits per heavy atom. The van der Waals surface area contributed by atoms with E-state index in [1.54, 1.807) is 18.3 Å². The van der Waals surface area contributed by atoms with Gasteiger partial charge in [0.05, 0.1) is 22.7 Å². The second-order valence-electron chi connectivity index (χ2n) is 9.07. The molecule has 1 saturated heterocycles. The third kappa shape index (κ3) is 4.63. The zero-order valence-corrected chi connectivity index (χ0v) is 20.5. The van der Waals surface area contributed by atoms with Crippen LogP contribution in [0, 0.1) is 5.82 Å². The predicted molar refractivity (Wildman–Crippen MR) is 138 cm³/mol. The van der Waals surface area contributed by atoms with E-state index in [-0.39, 0.29) is 17.0 Å². The molecule has 0 radical (unpaired) electrons. The number of hydrogen-bond acceptors (Lipinski definition) is 5. The van der Waals surface area contributed by atoms with Gasteiger partial charge in [0, 0.05) is 35.5 Å². The van der Waals surface area contributed by atoms with E-state index in [1.807, 2.05) is 12.1 Å². The summed E-state index contributed by atoms with van der Waals surface area (Å²) in [5.74, 6) is 0.549. The van der Waals surface area contributed by atoms with Crippen LogP contribution >= 0.6 is 7.60 Å². The van der Waals surface area contributed by atoms with Gasteiger partial charge in [0.25, 0.3) is 0 Å². The van der Waals surface area contributed by atoms with Crippen molar-refractivity contribution in [1.29, 1.82) is 0 Å². The molecule has 10 heteroatoms. The van der Waals surface area contributed by atoms with E-state index in [4.69, 9.17) is 14.5 Å². The molecule has 3 aromatic carbocycles. The summed E-state index contributed by atoms with van der Waals surface area (Å²) in [6, 6.07) is 16.1. The summed E-state index contributed by atoms with van der Waals surface area (Å²) in [6.45, 7) is 1.24. The van der Waals surface area contributed by atoms with Crippen LogP contribution in [0.25, 0.3) is 32.8 Å². The third-order valence-electron chi connectivity index (χ3n) is 6.68. The number of nitrogens with zero attached hydrogens (tertiary/aromatic N) is 2. The van der Waals surface area contributed by atoms with Gasteiger partial charge in [-0.1, -0.05) is 12.1 Å². The molecule has 188 valence electrons. The normalized spacial score (nSPS) is 14.9. The van der Waals surface area contributed by atoms with Crippen LogP contribution in [0.15, 0.2) is 66.9 Å². The molecule has 0 unspecified atom stereocenters. The van der Waals surface area contributed by atoms with E-state index in [9.17, 15) is 18.7 Å². The lowest BCUT2D eigenvalue weighted by molar-refractivity contribution is 0.0845. The molecule has 5 aromatic rings. The first-order valence-electron chi connectivity index (χ1n) is 11.9. The Kier molecular flexibility index (Phi) is 6.01. The molecule has 0 amide bonds. The van der Waals surface area contributed by atoms with Gasteiger partial charge in [0.2, 0.25) is 5.88 Å². The SMILES string of the molecule is O=P(O)(O)c1ccc(Oc2nc(C3CCOCC3)c(-c3ccc(F)cc3)c3cc4cn[nH]c4cc23)cc1. The van der Waals surface area contributed by atoms with Crippen LogP contribution in [0.2, 0.25) is 0 Å². The van der Waals surface area contributed by atoms with Gasteiger partial charge < -0.3 is 19.3 Å². The highest BCUT2D eigenvalue weighted by Crippen LogP contribution is 2.43. The zero-order valence-electron chi connectivity index (χ0n) is 19.6. The van der Waals surface area contributed by atoms with Gasteiger partial charge in [-0.3, -0.25) is 9.66 Å². The molecule has 1 aliphatic rings. The first kappa shape index (κ1) is 23.8. The lowest BCUT2D eigenvalue weighted by atomic mass is 9.87. The minimum atomic E-state index is -4.37. The molecule has 37 heavy (non-hydrogen) atoms. The van der Waals surface area contributed by atoms with E-state index in [0.29, 0.717) is 24.8 Å². The monoisotopic (exact) mass is 519 g/mol. The van der Waals surface area contributed by atoms with Crippen LogP contribution in [0.4, 0.5) is 4.39 Å². The molecule has 0 atom stereocenters. The van der Waals surface area contributed by atoms with Crippen LogP contribution in [-0.2, 0) is 9.30 Å². The molecule has 0 bridgehead atoms. The van der Waals surface area contributed by atoms with Gasteiger partial charge in [0.15, 0.2) is 0 Å². The van der Waals surface area contributed by atoms with E-state index < -0.39 is 7.60 Å². The fourth-order valence-corrected chi connectivity index (χ4v) is 5.36. The minimum Gasteiger partial charge on any atom is -0.438 e. The minimum absolute atomic E-state index is 0.0913. The summed E-state index contributed by atoms with van der Waals surface area (Å²) in [7, 11) is -4.37. The number of fused-ring (bicyclic) bond motifs is 2. The highest BCUT2D eigenvalue weighted by Gasteiger charge is 2.26. The second-order valence-corrected chi connectivity index (χ2v) is 10.7. The van der Waals surface area contributed by atoms with E-state index in [2.05, 4.69) is 10.2 Å². The lowest BCUT2D eigenvalue weighted by Gasteiger charge is -2.26. The van der Waals surface area contributed by atoms with E-state index >= 15 is 0 Å². The topological polar surface area (TPSA) is 118 Å². The number of nitrogens with one attached hydrogen (secondary N) is 1. The van der Waals surface area contributed by atoms with Gasteiger partial charge in [-0.2, -0.15) is 5.10 Å². The average molecular weight is 519 g/mol. The largest absolute Gasteiger partial charge is 0.438 e. The Morgan fingerprint density at radius 2 is 1.73 bits per heavy atom. The Hall–Kier alpha value is -3.62. The third-order valence-corrected chi connectivity index (χ3v) is 7.66. The van der Waals surface area contributed by atoms with Crippen molar-refractivity contribution < 1.29 is 28.2 Å². The Bertz CT molecular complexity index is 1640. The highest BCUT2D eigenvalue weighted by molar-refractivity contribution is 7.60. The lowest BCUT2D eigenvalue weighted by Crippen LogP contribution is -2.16. The fourth-order valence-electron chi connectivity index (χ4n) is 4.82. The van der Waals surface area contributed by atoms with Crippen molar-refractivity contribution in [1.82, 2.24) is 15.2 Å². The molecule has 3 N–H and O–H groups in total. The second kappa shape index (κ2) is 9.36. The smallest absolute Gasteiger partial charge is 0.356 e. The number of aromatic nitrogens is 3. The number of rotatable bonds is 5. The van der Waals surface area contributed by atoms with Crippen molar-refractivity contribution in [2.75, 3.05) is 13.2 Å². The molecule has 0 aliphatic carbocycles. The molecule has 1 fully saturated rings. The predicted octanol–water partition coefficient (Wildman–Crippen LogP) is 5.41. The van der Waals surface area contributed by atoms with Crippen molar-refractivity contribution >= 4 is 34.6 Å². The average Bonchev–Trinajstić information content (AvgIpc) is 3.36. The van der Waals surface area contributed by atoms with Gasteiger partial charge in [0.1, 0.15) is 11.6 Å². The zero-order chi connectivity index (χ0) is 25.6. The summed E-state index contributed by atoms with van der Waals surface area (Å²) < 4.78 is 37.3. The highest BCUT2D eigenvalue weighted by atomic mass is 31.2. The molecule has 0 spiro atoms. The van der Waals surface area contributed by atoms with Crippen LogP contribution in [0.3, 0.4) is 0 Å². The van der Waals surface area contributed by atoms with Crippen molar-refractivity contribution in [3.05, 3.63) is 78.4 Å². The summed E-state index contributed by atoms with van der Waals surface area (Å²) in [4.78, 5) is 23.9. The van der Waals surface area contributed by atoms with Gasteiger partial charge in [-0.15, -0.1) is 0 Å². The number of hydrogen-bond donors (Lipinski definition) is 3. The summed E-state index contributed by atoms with van der Waals surface area (Å²) in [6.07, 6.45) is 3.33. The van der Waals surface area contributed by atoms with Gasteiger partial charge in [-0.05, 0) is 72.3 Å². The van der Waals surface area contributed by atoms with E-state index in [1.165, 1.54) is 36.4 Å². The Morgan fingerprint density at radius 3 is 2.43 bits per heavy atom. The molecule has 6 rings (SSSR count). The van der Waals surface area contributed by atoms with Gasteiger partial charge >= 0.3 is 7.60 Å². The van der Waals surface area contributed by atoms with Crippen molar-refractivity contribution in [3.8, 4) is 22.8 Å². The molecule has 1 aliphatic heterocycles. The first-order valence-corrected chi connectivity index (χ1v) is 13.5. The van der Waals surface area contributed by atoms with Crippen molar-refractivity contribution in [2.24, 2.45) is 0 Å². The van der Waals surface area contributed by atoms with Crippen molar-refractivity contribution in [2.45, 2.75) is 18.8 Å². The summed E-state index contributed by atoms with van der Waals surface area (Å²) in [5, 5.41) is 9.59. The van der Waals surface area contributed by atoms with E-state index in [0.717, 1.165) is 51.3 Å². The summed E-state index contributed by atoms with van der Waals surface area (Å²) >= 11 is 0. The number of ether oxygens (including phenoxy) is 2. The fraction of sp³-hybridized carbons (Fsp3) is 0.185.